The van der Waals surface area contributed by atoms with E-state index in [1.54, 1.807) is 64.1 Å². The van der Waals surface area contributed by atoms with Gasteiger partial charge in [-0.05, 0) is 245 Å². The number of alkyl halides is 9. The predicted octanol–water partition coefficient (Wildman–Crippen LogP) is 43.5. The monoisotopic (exact) mass is 2060 g/mol. The summed E-state index contributed by atoms with van der Waals surface area (Å²) in [7, 11) is 0. The SMILES string of the molecule is CC(C)(C)c1ccccc1-c1ccccc1.[2H]C([2H])(c1cccc(C([2H])(C)C(C)(C)C(F)(F)F)c1C(C)(C)C)C(C)(C)C(F)(F)F.[2H]C([2H])(c1cccc(C([2H])(C)C(C)C)c1C(C)(C)C)C(C)C.[2H]C([2H])(c1ccccc1C(C)(C)C)C(C)(C)C.[2H]C([2H])(c1ccccc1C(C)(C)C)C(C)(C)C(F)(F)F.[2H]C([2H])(c1ccccc1C(C)(C)C)C(C)C.[2H]c1c([2H])c([2H])c(-c2cccc(-c3c([2H])c([2H])c([2H])c(C)c3[2H])c2C(C)(C)C)c([2H])c1[2H].[2H]c1c([2H])c([2H])c(-c2ccccc2C(C)(C)C)c([2H])c1[2H]. The second-order valence-electron chi connectivity index (χ2n) is 49.8. The molecule has 0 saturated carbocycles. The Morgan fingerprint density at radius 2 is 0.554 bits per heavy atom. The zero-order valence-electron chi connectivity index (χ0n) is 123. The van der Waals surface area contributed by atoms with E-state index in [1.807, 2.05) is 209 Å². The molecule has 9 heteroatoms. The lowest BCUT2D eigenvalue weighted by molar-refractivity contribution is -0.218. The molecular formula is C139H189F9. The molecule has 12 aromatic carbocycles. The smallest absolute Gasteiger partial charge is 0.171 e. The van der Waals surface area contributed by atoms with Gasteiger partial charge >= 0.3 is 18.5 Å². The van der Waals surface area contributed by atoms with Crippen LogP contribution in [0.4, 0.5) is 39.5 Å². The van der Waals surface area contributed by atoms with Gasteiger partial charge in [0, 0.05) is 16.4 Å². The number of benzene rings is 12. The fourth-order valence-electron chi connectivity index (χ4n) is 16.5. The average molecular weight is 2060 g/mol. The highest BCUT2D eigenvalue weighted by Crippen LogP contribution is 2.53. The van der Waals surface area contributed by atoms with E-state index in [0.29, 0.717) is 27.8 Å². The third kappa shape index (κ3) is 38.7. The molecule has 2 atom stereocenters. The van der Waals surface area contributed by atoms with Crippen LogP contribution in [0, 0.1) is 46.3 Å². The summed E-state index contributed by atoms with van der Waals surface area (Å²) in [6, 6.07) is 59.5. The standard InChI is InChI=1S/C23H24.C21H30F6.C19H32.2C16H18.C15H21F3.C15H24.C14H22/c1-17-10-8-13-19(16-17)21-15-9-14-20(22(21)23(2,3)4)18-11-6-5-7-12-18;1-13(19(7,8)21(25,26)27)15-11-9-10-14(16(15)17(2,3)4)12-18(5,6)20(22,23)24;1-13(2)12-16-10-9-11-17(15(5)14(3)4)18(16)19(6,7)8;2*1-16(2,3)15-12-8-7-11-14(15)13-9-5-4-6-10-13;1-13(2,3)12-9-7-6-8-11(12)10-14(4,5)15(16,17)18;1-14(2,3)11-12-9-7-8-10-13(12)15(4,5)6;1-11(2)10-12-8-6-7-9-13(12)14(3,4)5/h5-16H,1-4H3;9-11,13H,12H2,1-8H3;9-11,13-15H,12H2,1-8H3;2*4-12H,1-3H3;6-9H,10H2,1-5H3;7-10H,11H2,1-6H3;6-9,11H,10H2,1-5H3/i5D,6D,7D,8D,10D,11D,12D,13D,16D;12D2,13D;12D2,15D;4D,5D,6D,9D,10D;;10D2;11D2;10D2. The summed E-state index contributed by atoms with van der Waals surface area (Å²) < 4.78 is 336. The Bertz CT molecular complexity index is 7300. The van der Waals surface area contributed by atoms with Gasteiger partial charge in [-0.25, -0.2) is 0 Å². The summed E-state index contributed by atoms with van der Waals surface area (Å²) in [4.78, 5) is 0. The first kappa shape index (κ1) is 91.8. The van der Waals surface area contributed by atoms with Crippen LogP contribution in [0.2, 0.25) is 0 Å². The summed E-state index contributed by atoms with van der Waals surface area (Å²) in [6.45, 7) is 75.3. The first-order valence-electron chi connectivity index (χ1n) is 64.3. The number of hydrogen-bond acceptors (Lipinski definition) is 0. The van der Waals surface area contributed by atoms with E-state index in [2.05, 4.69) is 152 Å². The zero-order chi connectivity index (χ0) is 136. The minimum Gasteiger partial charge on any atom is -0.171 e. The molecule has 0 spiro atoms. The number of rotatable bonds is 17. The fraction of sp³-hybridized carbons (Fsp3) is 0.482. The maximum absolute atomic E-state index is 13.8. The van der Waals surface area contributed by atoms with Gasteiger partial charge in [0.1, 0.15) is 0 Å². The van der Waals surface area contributed by atoms with Crippen molar-refractivity contribution in [2.45, 2.75) is 396 Å². The molecule has 0 bridgehead atoms. The molecule has 0 saturated heterocycles. The molecule has 0 aliphatic heterocycles. The van der Waals surface area contributed by atoms with E-state index >= 15 is 0 Å². The molecule has 0 aliphatic rings. The Labute approximate surface area is 931 Å². The van der Waals surface area contributed by atoms with E-state index in [1.165, 1.54) is 41.0 Å². The Morgan fingerprint density at radius 3 is 0.932 bits per heavy atom. The highest BCUT2D eigenvalue weighted by Gasteiger charge is 2.53. The molecule has 0 aliphatic carbocycles. The first-order chi connectivity index (χ1) is 77.9. The van der Waals surface area contributed by atoms with Crippen LogP contribution in [0.5, 0.6) is 0 Å². The molecule has 808 valence electrons. The number of hydrogen-bond donors (Lipinski definition) is 0. The highest BCUT2D eigenvalue weighted by molar-refractivity contribution is 5.80. The van der Waals surface area contributed by atoms with Gasteiger partial charge in [0.15, 0.2) is 0 Å². The maximum atomic E-state index is 13.8. The summed E-state index contributed by atoms with van der Waals surface area (Å²) in [6.07, 6.45) is -23.7. The molecule has 0 fully saturated rings. The van der Waals surface area contributed by atoms with E-state index in [9.17, 15) is 39.5 Å². The van der Waals surface area contributed by atoms with Crippen molar-refractivity contribution in [2.75, 3.05) is 0 Å². The molecular weight excluding hydrogens is 1840 g/mol. The molecule has 2 unspecified atom stereocenters. The van der Waals surface area contributed by atoms with Crippen LogP contribution in [0.15, 0.2) is 291 Å². The quantitative estimate of drug-likeness (QED) is 0.0797. The summed E-state index contributed by atoms with van der Waals surface area (Å²) in [5.74, 6) is -2.99. The van der Waals surface area contributed by atoms with Crippen LogP contribution in [-0.4, -0.2) is 18.5 Å². The Kier molecular flexibility index (Phi) is 32.5. The van der Waals surface area contributed by atoms with E-state index in [-0.39, 0.29) is 156 Å². The van der Waals surface area contributed by atoms with Crippen LogP contribution in [0.3, 0.4) is 0 Å². The maximum Gasteiger partial charge on any atom is 0.394 e. The lowest BCUT2D eigenvalue weighted by atomic mass is 9.68. The van der Waals surface area contributed by atoms with E-state index in [4.69, 9.17) is 35.6 Å². The van der Waals surface area contributed by atoms with Crippen LogP contribution in [0.25, 0.3) is 44.5 Å². The minimum absolute atomic E-state index is 0.0119. The van der Waals surface area contributed by atoms with Crippen molar-refractivity contribution in [3.05, 3.63) is 380 Å². The molecule has 148 heavy (non-hydrogen) atoms. The summed E-state index contributed by atoms with van der Waals surface area (Å²) >= 11 is 0. The molecule has 0 amide bonds. The van der Waals surface area contributed by atoms with Crippen molar-refractivity contribution in [3.8, 4) is 44.5 Å². The third-order valence-corrected chi connectivity index (χ3v) is 24.8. The summed E-state index contributed by atoms with van der Waals surface area (Å²) in [5, 5.41) is 0. The van der Waals surface area contributed by atoms with Crippen molar-refractivity contribution in [3.63, 3.8) is 0 Å². The van der Waals surface area contributed by atoms with E-state index in [0.717, 1.165) is 93.0 Å². The van der Waals surface area contributed by atoms with Crippen LogP contribution in [-0.2, 0) is 75.2 Å². The van der Waals surface area contributed by atoms with Gasteiger partial charge in [-0.2, -0.15) is 39.5 Å². The topological polar surface area (TPSA) is 0 Å². The van der Waals surface area contributed by atoms with Crippen LogP contribution < -0.4 is 0 Å². The molecule has 0 aromatic heterocycles. The average Bonchev–Trinajstić information content (AvgIpc) is 0.710. The van der Waals surface area contributed by atoms with Gasteiger partial charge in [0.25, 0.3) is 0 Å². The molecule has 0 heterocycles. The predicted molar refractivity (Wildman–Crippen MR) is 626 cm³/mol. The number of halogens is 9. The molecule has 12 rings (SSSR count). The van der Waals surface area contributed by atoms with Crippen LogP contribution >= 0.6 is 0 Å². The van der Waals surface area contributed by atoms with Gasteiger partial charge < -0.3 is 0 Å². The Hall–Kier alpha value is -9.99. The Morgan fingerprint density at radius 1 is 0.257 bits per heavy atom. The second kappa shape index (κ2) is 52.4. The fourth-order valence-corrected chi connectivity index (χ4v) is 16.5. The van der Waals surface area contributed by atoms with Gasteiger partial charge in [-0.3, -0.25) is 0 Å². The lowest BCUT2D eigenvalue weighted by Crippen LogP contribution is -2.38. The molecule has 0 N–H and O–H groups in total. The van der Waals surface area contributed by atoms with Crippen molar-refractivity contribution >= 4 is 0 Å². The first-order valence-corrected chi connectivity index (χ1v) is 51.3. The minimum atomic E-state index is -4.91. The van der Waals surface area contributed by atoms with Crippen molar-refractivity contribution in [1.82, 2.24) is 0 Å². The summed E-state index contributed by atoms with van der Waals surface area (Å²) in [5.41, 5.74) is 4.23. The largest absolute Gasteiger partial charge is 0.394 e. The van der Waals surface area contributed by atoms with Crippen molar-refractivity contribution in [2.24, 2.45) is 39.4 Å². The van der Waals surface area contributed by atoms with Gasteiger partial charge in [-0.15, -0.1) is 0 Å². The zero-order valence-corrected chi connectivity index (χ0v) is 96.8. The third-order valence-electron chi connectivity index (χ3n) is 24.8. The van der Waals surface area contributed by atoms with Crippen molar-refractivity contribution in [1.29, 1.82) is 0 Å². The van der Waals surface area contributed by atoms with Gasteiger partial charge in [0.05, 0.1) is 35.4 Å². The van der Waals surface area contributed by atoms with E-state index < -0.39 is 118 Å². The Balaban J connectivity index is 0.000000351. The van der Waals surface area contributed by atoms with Crippen molar-refractivity contribution < 1.29 is 75.2 Å². The highest BCUT2D eigenvalue weighted by atomic mass is 19.4. The molecule has 12 aromatic rings. The second-order valence-corrected chi connectivity index (χ2v) is 49.8. The van der Waals surface area contributed by atoms with Gasteiger partial charge in [-0.1, -0.05) is 580 Å². The van der Waals surface area contributed by atoms with Gasteiger partial charge in [0.2, 0.25) is 0 Å². The molecule has 0 nitrogen and oxygen atoms in total. The lowest BCUT2D eigenvalue weighted by Gasteiger charge is -2.39. The molecule has 0 radical (unpaired) electrons. The normalized spacial score (nSPS) is 16.5. The van der Waals surface area contributed by atoms with Crippen LogP contribution in [0.1, 0.15) is 420 Å².